The molecular weight excluding hydrogens is 238 g/mol. The Morgan fingerprint density at radius 2 is 2.00 bits per heavy atom. The second-order valence-electron chi connectivity index (χ2n) is 5.54. The van der Waals surface area contributed by atoms with E-state index in [1.165, 1.54) is 0 Å². The minimum absolute atomic E-state index is 0.139. The number of pyridine rings is 1. The van der Waals surface area contributed by atoms with Gasteiger partial charge < -0.3 is 9.30 Å². The molecule has 0 unspecified atom stereocenters. The molecule has 0 N–H and O–H groups in total. The first kappa shape index (κ1) is 12.2. The van der Waals surface area contributed by atoms with Crippen molar-refractivity contribution in [2.75, 3.05) is 13.1 Å². The third kappa shape index (κ3) is 2.35. The minimum atomic E-state index is 0.139. The fraction of sp³-hybridized carbons (Fsp3) is 0.467. The summed E-state index contributed by atoms with van der Waals surface area (Å²) >= 11 is 0. The molecule has 0 bridgehead atoms. The smallest absolute Gasteiger partial charge is 0.255 e. The molecule has 100 valence electrons. The summed E-state index contributed by atoms with van der Waals surface area (Å²) in [7, 11) is 0. The number of hydrogen-bond donors (Lipinski definition) is 0. The van der Waals surface area contributed by atoms with Gasteiger partial charge in [0.1, 0.15) is 5.65 Å². The standard InChI is InChI=1S/C15H19N3O/c1-11-5-7-17(8-6-11)15(19)13-3-4-14-16-12(2)9-18(14)10-13/h3-4,9-11H,5-8H2,1-2H3. The zero-order chi connectivity index (χ0) is 13.4. The van der Waals surface area contributed by atoms with E-state index < -0.39 is 0 Å². The van der Waals surface area contributed by atoms with Crippen LogP contribution in [0.25, 0.3) is 5.65 Å². The van der Waals surface area contributed by atoms with Crippen molar-refractivity contribution in [1.82, 2.24) is 14.3 Å². The van der Waals surface area contributed by atoms with Crippen LogP contribution in [0.4, 0.5) is 0 Å². The Kier molecular flexibility index (Phi) is 3.01. The highest BCUT2D eigenvalue weighted by molar-refractivity contribution is 5.94. The van der Waals surface area contributed by atoms with E-state index in [9.17, 15) is 4.79 Å². The van der Waals surface area contributed by atoms with E-state index in [0.29, 0.717) is 0 Å². The lowest BCUT2D eigenvalue weighted by atomic mass is 9.99. The molecule has 4 heteroatoms. The maximum Gasteiger partial charge on any atom is 0.255 e. The van der Waals surface area contributed by atoms with Gasteiger partial charge in [-0.05, 0) is 37.8 Å². The first-order valence-electron chi connectivity index (χ1n) is 6.88. The third-order valence-corrected chi connectivity index (χ3v) is 3.89. The topological polar surface area (TPSA) is 37.6 Å². The lowest BCUT2D eigenvalue weighted by Crippen LogP contribution is -2.37. The molecule has 0 saturated carbocycles. The van der Waals surface area contributed by atoms with Gasteiger partial charge in [0.05, 0.1) is 11.3 Å². The number of amides is 1. The van der Waals surface area contributed by atoms with Crippen molar-refractivity contribution >= 4 is 11.6 Å². The van der Waals surface area contributed by atoms with Gasteiger partial charge in [-0.3, -0.25) is 4.79 Å². The van der Waals surface area contributed by atoms with Crippen LogP contribution in [0.3, 0.4) is 0 Å². The number of likely N-dealkylation sites (tertiary alicyclic amines) is 1. The van der Waals surface area contributed by atoms with E-state index >= 15 is 0 Å². The summed E-state index contributed by atoms with van der Waals surface area (Å²) in [6.45, 7) is 5.96. The van der Waals surface area contributed by atoms with Crippen molar-refractivity contribution in [3.63, 3.8) is 0 Å². The Labute approximate surface area is 113 Å². The molecule has 2 aromatic heterocycles. The molecule has 0 atom stereocenters. The highest BCUT2D eigenvalue weighted by atomic mass is 16.2. The maximum absolute atomic E-state index is 12.4. The summed E-state index contributed by atoms with van der Waals surface area (Å²) in [5, 5.41) is 0. The zero-order valence-electron chi connectivity index (χ0n) is 11.5. The fourth-order valence-corrected chi connectivity index (χ4v) is 2.64. The lowest BCUT2D eigenvalue weighted by molar-refractivity contribution is 0.0696. The third-order valence-electron chi connectivity index (χ3n) is 3.89. The van der Waals surface area contributed by atoms with E-state index in [0.717, 1.165) is 48.8 Å². The average molecular weight is 257 g/mol. The Morgan fingerprint density at radius 3 is 2.74 bits per heavy atom. The van der Waals surface area contributed by atoms with Crippen molar-refractivity contribution < 1.29 is 4.79 Å². The van der Waals surface area contributed by atoms with E-state index in [1.807, 2.05) is 40.8 Å². The van der Waals surface area contributed by atoms with Crippen molar-refractivity contribution in [2.45, 2.75) is 26.7 Å². The van der Waals surface area contributed by atoms with Gasteiger partial charge in [-0.2, -0.15) is 0 Å². The molecular formula is C15H19N3O. The highest BCUT2D eigenvalue weighted by Gasteiger charge is 2.21. The fourth-order valence-electron chi connectivity index (χ4n) is 2.64. The average Bonchev–Trinajstić information content (AvgIpc) is 2.77. The van der Waals surface area contributed by atoms with Crippen LogP contribution in [0, 0.1) is 12.8 Å². The summed E-state index contributed by atoms with van der Waals surface area (Å²) in [5.74, 6) is 0.878. The number of piperidine rings is 1. The van der Waals surface area contributed by atoms with E-state index in [4.69, 9.17) is 0 Å². The molecule has 3 rings (SSSR count). The van der Waals surface area contributed by atoms with Crippen LogP contribution in [0.5, 0.6) is 0 Å². The zero-order valence-corrected chi connectivity index (χ0v) is 11.5. The number of fused-ring (bicyclic) bond motifs is 1. The van der Waals surface area contributed by atoms with Gasteiger partial charge in [0.15, 0.2) is 0 Å². The molecule has 3 heterocycles. The number of hydrogen-bond acceptors (Lipinski definition) is 2. The van der Waals surface area contributed by atoms with Crippen molar-refractivity contribution in [2.24, 2.45) is 5.92 Å². The summed E-state index contributed by atoms with van der Waals surface area (Å²) in [6.07, 6.45) is 6.05. The molecule has 0 radical (unpaired) electrons. The molecule has 1 fully saturated rings. The van der Waals surface area contributed by atoms with Crippen LogP contribution in [-0.2, 0) is 0 Å². The van der Waals surface area contributed by atoms with Gasteiger partial charge in [-0.15, -0.1) is 0 Å². The minimum Gasteiger partial charge on any atom is -0.339 e. The van der Waals surface area contributed by atoms with Crippen LogP contribution in [0.2, 0.25) is 0 Å². The molecule has 2 aromatic rings. The van der Waals surface area contributed by atoms with Gasteiger partial charge in [-0.25, -0.2) is 4.98 Å². The summed E-state index contributed by atoms with van der Waals surface area (Å²) in [4.78, 5) is 18.8. The Morgan fingerprint density at radius 1 is 1.26 bits per heavy atom. The van der Waals surface area contributed by atoms with Gasteiger partial charge in [0.25, 0.3) is 5.91 Å². The largest absolute Gasteiger partial charge is 0.339 e. The Balaban J connectivity index is 1.84. The molecule has 1 amide bonds. The van der Waals surface area contributed by atoms with Crippen LogP contribution < -0.4 is 0 Å². The molecule has 1 saturated heterocycles. The molecule has 0 aromatic carbocycles. The van der Waals surface area contributed by atoms with Crippen molar-refractivity contribution in [1.29, 1.82) is 0 Å². The number of aryl methyl sites for hydroxylation is 1. The number of nitrogens with zero attached hydrogens (tertiary/aromatic N) is 3. The van der Waals surface area contributed by atoms with Gasteiger partial charge in [0, 0.05) is 25.5 Å². The molecule has 0 aliphatic carbocycles. The summed E-state index contributed by atoms with van der Waals surface area (Å²) in [5.41, 5.74) is 2.61. The van der Waals surface area contributed by atoms with Gasteiger partial charge in [-0.1, -0.05) is 6.92 Å². The van der Waals surface area contributed by atoms with Crippen LogP contribution in [0.15, 0.2) is 24.5 Å². The number of aromatic nitrogens is 2. The number of imidazole rings is 1. The first-order chi connectivity index (χ1) is 9.13. The van der Waals surface area contributed by atoms with Gasteiger partial charge in [0.2, 0.25) is 0 Å². The van der Waals surface area contributed by atoms with Crippen molar-refractivity contribution in [3.8, 4) is 0 Å². The molecule has 0 spiro atoms. The summed E-state index contributed by atoms with van der Waals surface area (Å²) in [6, 6.07) is 3.79. The van der Waals surface area contributed by atoms with Gasteiger partial charge >= 0.3 is 0 Å². The van der Waals surface area contributed by atoms with Crippen molar-refractivity contribution in [3.05, 3.63) is 35.8 Å². The normalized spacial score (nSPS) is 17.1. The van der Waals surface area contributed by atoms with Crippen LogP contribution in [0.1, 0.15) is 35.8 Å². The predicted molar refractivity (Wildman–Crippen MR) is 74.2 cm³/mol. The number of carbonyl (C=O) groups excluding carboxylic acids is 1. The van der Waals surface area contributed by atoms with E-state index in [-0.39, 0.29) is 5.91 Å². The van der Waals surface area contributed by atoms with Crippen LogP contribution >= 0.6 is 0 Å². The Hall–Kier alpha value is -1.84. The second kappa shape index (κ2) is 4.68. The lowest BCUT2D eigenvalue weighted by Gasteiger charge is -2.30. The summed E-state index contributed by atoms with van der Waals surface area (Å²) < 4.78 is 1.93. The van der Waals surface area contributed by atoms with E-state index in [1.54, 1.807) is 0 Å². The van der Waals surface area contributed by atoms with Crippen LogP contribution in [-0.4, -0.2) is 33.3 Å². The second-order valence-corrected chi connectivity index (χ2v) is 5.54. The monoisotopic (exact) mass is 257 g/mol. The highest BCUT2D eigenvalue weighted by Crippen LogP contribution is 2.18. The SMILES string of the molecule is Cc1cn2cc(C(=O)N3CCC(C)CC3)ccc2n1. The van der Waals surface area contributed by atoms with E-state index in [2.05, 4.69) is 11.9 Å². The molecule has 1 aliphatic heterocycles. The first-order valence-corrected chi connectivity index (χ1v) is 6.88. The maximum atomic E-state index is 12.4. The molecule has 19 heavy (non-hydrogen) atoms. The quantitative estimate of drug-likeness (QED) is 0.787. The number of rotatable bonds is 1. The molecule has 1 aliphatic rings. The molecule has 4 nitrogen and oxygen atoms in total. The number of carbonyl (C=O) groups is 1. The predicted octanol–water partition coefficient (Wildman–Crippen LogP) is 2.51. The Bertz CT molecular complexity index is 609.